The highest BCUT2D eigenvalue weighted by Gasteiger charge is 2.42. The maximum absolute atomic E-state index is 13.6. The van der Waals surface area contributed by atoms with Gasteiger partial charge in [-0.2, -0.15) is 10.2 Å². The van der Waals surface area contributed by atoms with Gasteiger partial charge in [0.25, 0.3) is 5.91 Å². The summed E-state index contributed by atoms with van der Waals surface area (Å²) in [5.74, 6) is 1.72. The molecule has 1 aliphatic carbocycles. The molecule has 3 rings (SSSR count). The van der Waals surface area contributed by atoms with Crippen molar-refractivity contribution in [1.29, 1.82) is 0 Å². The lowest BCUT2D eigenvalue weighted by molar-refractivity contribution is -0.144. The fourth-order valence-electron chi connectivity index (χ4n) is 4.28. The summed E-state index contributed by atoms with van der Waals surface area (Å²) in [7, 11) is 0. The lowest BCUT2D eigenvalue weighted by Gasteiger charge is -2.31. The van der Waals surface area contributed by atoms with Crippen LogP contribution in [0.2, 0.25) is 0 Å². The molecule has 1 atom stereocenters. The van der Waals surface area contributed by atoms with Gasteiger partial charge < -0.3 is 20.1 Å². The molecule has 0 saturated heterocycles. The molecular weight excluding hydrogens is 446 g/mol. The van der Waals surface area contributed by atoms with Crippen molar-refractivity contribution in [3.8, 4) is 12.3 Å². The first-order valence-electron chi connectivity index (χ1n) is 11.9. The van der Waals surface area contributed by atoms with Gasteiger partial charge in [0, 0.05) is 56.9 Å². The molecule has 3 amide bonds. The Kier molecular flexibility index (Phi) is 8.95. The SMILES string of the molecule is C#CCCC1(CCC(=O)N(CC(=O)NCC=C)C(C(=O)NC2CCCC2)c2nccn2C=C)N=N1. The summed E-state index contributed by atoms with van der Waals surface area (Å²) in [6.45, 7) is 7.31. The van der Waals surface area contributed by atoms with E-state index in [0.29, 0.717) is 25.1 Å². The number of terminal acetylenes is 1. The van der Waals surface area contributed by atoms with Gasteiger partial charge in [0.05, 0.1) is 0 Å². The number of aromatic nitrogens is 2. The molecule has 1 aromatic heterocycles. The minimum Gasteiger partial charge on any atom is -0.351 e. The zero-order valence-corrected chi connectivity index (χ0v) is 20.0. The van der Waals surface area contributed by atoms with Crippen molar-refractivity contribution in [3.63, 3.8) is 0 Å². The highest BCUT2D eigenvalue weighted by Crippen LogP contribution is 2.38. The fraction of sp³-hybridized carbons (Fsp3) is 0.520. The Balaban J connectivity index is 1.86. The average molecular weight is 480 g/mol. The van der Waals surface area contributed by atoms with Crippen LogP contribution < -0.4 is 10.6 Å². The van der Waals surface area contributed by atoms with Crippen LogP contribution in [0.25, 0.3) is 6.20 Å². The third-order valence-corrected chi connectivity index (χ3v) is 6.27. The Morgan fingerprint density at radius 2 is 2.03 bits per heavy atom. The van der Waals surface area contributed by atoms with Crippen molar-refractivity contribution >= 4 is 23.9 Å². The quantitative estimate of drug-likeness (QED) is 0.315. The number of imidazole rings is 1. The average Bonchev–Trinajstić information content (AvgIpc) is 3.20. The Morgan fingerprint density at radius 1 is 1.29 bits per heavy atom. The minimum absolute atomic E-state index is 0.0276. The van der Waals surface area contributed by atoms with E-state index in [9.17, 15) is 14.4 Å². The summed E-state index contributed by atoms with van der Waals surface area (Å²) in [6, 6.07) is -1.08. The largest absolute Gasteiger partial charge is 0.351 e. The molecule has 1 saturated carbocycles. The molecule has 2 N–H and O–H groups in total. The van der Waals surface area contributed by atoms with Gasteiger partial charge >= 0.3 is 0 Å². The molecule has 0 radical (unpaired) electrons. The van der Waals surface area contributed by atoms with E-state index in [1.165, 1.54) is 17.3 Å². The van der Waals surface area contributed by atoms with E-state index in [1.54, 1.807) is 16.8 Å². The molecule has 10 nitrogen and oxygen atoms in total. The Hall–Kier alpha value is -3.74. The van der Waals surface area contributed by atoms with Crippen molar-refractivity contribution in [1.82, 2.24) is 25.1 Å². The second-order valence-corrected chi connectivity index (χ2v) is 8.77. The molecule has 1 aromatic rings. The van der Waals surface area contributed by atoms with Gasteiger partial charge in [-0.3, -0.25) is 14.4 Å². The lowest BCUT2D eigenvalue weighted by Crippen LogP contribution is -2.50. The van der Waals surface area contributed by atoms with E-state index >= 15 is 0 Å². The Labute approximate surface area is 205 Å². The van der Waals surface area contributed by atoms with Crippen molar-refractivity contribution < 1.29 is 14.4 Å². The Bertz CT molecular complexity index is 1010. The molecule has 0 bridgehead atoms. The summed E-state index contributed by atoms with van der Waals surface area (Å²) >= 11 is 0. The first-order valence-corrected chi connectivity index (χ1v) is 11.9. The van der Waals surface area contributed by atoms with Crippen LogP contribution in [0.4, 0.5) is 0 Å². The van der Waals surface area contributed by atoms with E-state index in [0.717, 1.165) is 25.7 Å². The van der Waals surface area contributed by atoms with E-state index in [-0.39, 0.29) is 37.4 Å². The lowest BCUT2D eigenvalue weighted by atomic mass is 10.0. The summed E-state index contributed by atoms with van der Waals surface area (Å²) in [5.41, 5.74) is -0.653. The van der Waals surface area contributed by atoms with Crippen molar-refractivity contribution in [2.75, 3.05) is 13.1 Å². The van der Waals surface area contributed by atoms with Crippen LogP contribution in [-0.4, -0.2) is 57.0 Å². The molecule has 1 unspecified atom stereocenters. The monoisotopic (exact) mass is 479 g/mol. The summed E-state index contributed by atoms with van der Waals surface area (Å²) in [5, 5.41) is 13.9. The third-order valence-electron chi connectivity index (χ3n) is 6.27. The number of amides is 3. The number of carbonyl (C=O) groups excluding carboxylic acids is 3. The smallest absolute Gasteiger partial charge is 0.250 e. The predicted molar refractivity (Wildman–Crippen MR) is 132 cm³/mol. The fourth-order valence-corrected chi connectivity index (χ4v) is 4.28. The number of hydrogen-bond donors (Lipinski definition) is 2. The molecule has 1 fully saturated rings. The third kappa shape index (κ3) is 6.88. The number of hydrogen-bond acceptors (Lipinski definition) is 6. The van der Waals surface area contributed by atoms with Crippen molar-refractivity contribution in [2.24, 2.45) is 10.2 Å². The van der Waals surface area contributed by atoms with E-state index in [2.05, 4.69) is 44.9 Å². The summed E-state index contributed by atoms with van der Waals surface area (Å²) < 4.78 is 1.58. The second kappa shape index (κ2) is 12.1. The highest BCUT2D eigenvalue weighted by molar-refractivity contribution is 5.91. The predicted octanol–water partition coefficient (Wildman–Crippen LogP) is 2.57. The molecule has 10 heteroatoms. The first kappa shape index (κ1) is 25.9. The standard InChI is InChI=1S/C25H33N7O3/c1-4-7-13-25(29-30-25)14-12-21(34)32(18-20(33)26-15-5-2)22(23-27-16-17-31(23)6-3)24(35)28-19-10-8-9-11-19/h1,5-6,16-17,19,22H,2-3,7-15,18H2,(H,26,33)(H,28,35). The molecule has 2 aliphatic rings. The number of nitrogens with one attached hydrogen (secondary N) is 2. The molecule has 2 heterocycles. The van der Waals surface area contributed by atoms with Crippen molar-refractivity contribution in [3.05, 3.63) is 37.5 Å². The molecule has 35 heavy (non-hydrogen) atoms. The number of carbonyl (C=O) groups is 3. The zero-order valence-electron chi connectivity index (χ0n) is 20.0. The van der Waals surface area contributed by atoms with Crippen LogP contribution in [0, 0.1) is 12.3 Å². The normalized spacial score (nSPS) is 16.7. The van der Waals surface area contributed by atoms with E-state index in [1.807, 2.05) is 0 Å². The molecule has 1 aliphatic heterocycles. The van der Waals surface area contributed by atoms with Gasteiger partial charge in [0.2, 0.25) is 11.8 Å². The number of rotatable bonds is 14. The van der Waals surface area contributed by atoms with Crippen LogP contribution >= 0.6 is 0 Å². The van der Waals surface area contributed by atoms with Gasteiger partial charge in [0.15, 0.2) is 11.7 Å². The molecule has 0 aromatic carbocycles. The van der Waals surface area contributed by atoms with E-state index < -0.39 is 17.6 Å². The maximum Gasteiger partial charge on any atom is 0.250 e. The highest BCUT2D eigenvalue weighted by atomic mass is 16.2. The van der Waals surface area contributed by atoms with Crippen LogP contribution in [0.15, 0.2) is 41.9 Å². The van der Waals surface area contributed by atoms with Gasteiger partial charge in [-0.1, -0.05) is 25.5 Å². The topological polar surface area (TPSA) is 121 Å². The second-order valence-electron chi connectivity index (χ2n) is 8.77. The van der Waals surface area contributed by atoms with Gasteiger partial charge in [0.1, 0.15) is 12.4 Å². The van der Waals surface area contributed by atoms with E-state index in [4.69, 9.17) is 6.42 Å². The van der Waals surface area contributed by atoms with Crippen LogP contribution in [-0.2, 0) is 14.4 Å². The Morgan fingerprint density at radius 3 is 2.66 bits per heavy atom. The molecule has 186 valence electrons. The minimum atomic E-state index is -1.11. The van der Waals surface area contributed by atoms with Crippen molar-refractivity contribution in [2.45, 2.75) is 69.1 Å². The maximum atomic E-state index is 13.6. The molecule has 0 spiro atoms. The van der Waals surface area contributed by atoms with Gasteiger partial charge in [-0.25, -0.2) is 4.98 Å². The zero-order chi connectivity index (χ0) is 25.3. The summed E-state index contributed by atoms with van der Waals surface area (Å²) in [6.07, 6.45) is 16.9. The molecular formula is C25H33N7O3. The number of nitrogens with zero attached hydrogens (tertiary/aromatic N) is 5. The van der Waals surface area contributed by atoms with Crippen LogP contribution in [0.3, 0.4) is 0 Å². The first-order chi connectivity index (χ1) is 16.9. The van der Waals surface area contributed by atoms with Crippen LogP contribution in [0.5, 0.6) is 0 Å². The van der Waals surface area contributed by atoms with Gasteiger partial charge in [-0.15, -0.1) is 18.9 Å². The van der Waals surface area contributed by atoms with Gasteiger partial charge in [-0.05, 0) is 12.8 Å². The summed E-state index contributed by atoms with van der Waals surface area (Å²) in [4.78, 5) is 45.4. The van der Waals surface area contributed by atoms with Crippen LogP contribution in [0.1, 0.15) is 63.2 Å².